The van der Waals surface area contributed by atoms with Gasteiger partial charge in [0, 0.05) is 28.2 Å². The van der Waals surface area contributed by atoms with E-state index in [0.717, 1.165) is 25.2 Å². The van der Waals surface area contributed by atoms with E-state index in [1.54, 1.807) is 0 Å². The van der Waals surface area contributed by atoms with Gasteiger partial charge in [0.05, 0.1) is 12.1 Å². The van der Waals surface area contributed by atoms with Gasteiger partial charge >= 0.3 is 0 Å². The van der Waals surface area contributed by atoms with Gasteiger partial charge in [-0.2, -0.15) is 0 Å². The minimum atomic E-state index is -0.649. The average molecular weight is 241 g/mol. The number of hydrogen-bond donors (Lipinski definition) is 1. The molecule has 0 aliphatic heterocycles. The first kappa shape index (κ1) is 14.3. The largest absolute Gasteiger partial charge is 0.387 e. The molecule has 1 saturated carbocycles. The van der Waals surface area contributed by atoms with Crippen molar-refractivity contribution in [2.75, 3.05) is 34.7 Å². The van der Waals surface area contributed by atoms with E-state index >= 15 is 0 Å². The summed E-state index contributed by atoms with van der Waals surface area (Å²) in [5, 5.41) is 10.7. The maximum atomic E-state index is 10.7. The summed E-state index contributed by atoms with van der Waals surface area (Å²) in [7, 11) is 7.90. The topological polar surface area (TPSA) is 39.1 Å². The fraction of sp³-hybridized carbons (Fsp3) is 0.923. The molecule has 0 aromatic heterocycles. The van der Waals surface area contributed by atoms with Crippen LogP contribution in [0.2, 0.25) is 0 Å². The molecule has 1 atom stereocenters. The molecule has 0 aromatic carbocycles. The van der Waals surface area contributed by atoms with Crippen LogP contribution in [0.15, 0.2) is 4.99 Å². The van der Waals surface area contributed by atoms with E-state index < -0.39 is 5.60 Å². The van der Waals surface area contributed by atoms with Gasteiger partial charge in [-0.25, -0.2) is 4.99 Å². The molecule has 0 heterocycles. The molecule has 1 fully saturated rings. The molecule has 1 rings (SSSR count). The monoisotopic (exact) mass is 241 g/mol. The van der Waals surface area contributed by atoms with Crippen molar-refractivity contribution >= 4 is 5.96 Å². The van der Waals surface area contributed by atoms with Crippen molar-refractivity contribution in [2.24, 2.45) is 10.4 Å². The fourth-order valence-electron chi connectivity index (χ4n) is 2.57. The summed E-state index contributed by atoms with van der Waals surface area (Å²) < 4.78 is 0. The van der Waals surface area contributed by atoms with Crippen LogP contribution in [0, 0.1) is 5.41 Å². The van der Waals surface area contributed by atoms with E-state index in [1.807, 2.05) is 38.0 Å². The van der Waals surface area contributed by atoms with Gasteiger partial charge in [-0.05, 0) is 24.7 Å². The highest BCUT2D eigenvalue weighted by atomic mass is 16.3. The zero-order chi connectivity index (χ0) is 13.3. The summed E-state index contributed by atoms with van der Waals surface area (Å²) in [5.74, 6) is 0.904. The predicted molar refractivity (Wildman–Crippen MR) is 72.3 cm³/mol. The number of aliphatic imine (C=N–C) groups is 1. The van der Waals surface area contributed by atoms with E-state index in [0.29, 0.717) is 6.54 Å². The first-order chi connectivity index (χ1) is 7.69. The van der Waals surface area contributed by atoms with Crippen LogP contribution in [-0.2, 0) is 0 Å². The molecule has 1 unspecified atom stereocenters. The Kier molecular flexibility index (Phi) is 4.07. The summed E-state index contributed by atoms with van der Waals surface area (Å²) in [6.45, 7) is 4.77. The highest BCUT2D eigenvalue weighted by Gasteiger charge is 2.47. The van der Waals surface area contributed by atoms with Crippen molar-refractivity contribution in [1.29, 1.82) is 0 Å². The zero-order valence-corrected chi connectivity index (χ0v) is 12.1. The molecule has 1 N–H and O–H groups in total. The van der Waals surface area contributed by atoms with Gasteiger partial charge < -0.3 is 14.9 Å². The second-order valence-electron chi connectivity index (χ2n) is 6.17. The van der Waals surface area contributed by atoms with E-state index in [4.69, 9.17) is 0 Å². The third-order valence-electron chi connectivity index (χ3n) is 3.93. The molecule has 17 heavy (non-hydrogen) atoms. The van der Waals surface area contributed by atoms with Gasteiger partial charge in [-0.15, -0.1) is 0 Å². The van der Waals surface area contributed by atoms with Crippen molar-refractivity contribution in [1.82, 2.24) is 9.80 Å². The predicted octanol–water partition coefficient (Wildman–Crippen LogP) is 1.41. The van der Waals surface area contributed by atoms with Gasteiger partial charge in [0.15, 0.2) is 5.96 Å². The van der Waals surface area contributed by atoms with Crippen LogP contribution in [0.3, 0.4) is 0 Å². The highest BCUT2D eigenvalue weighted by Crippen LogP contribution is 2.45. The van der Waals surface area contributed by atoms with Crippen molar-refractivity contribution in [3.05, 3.63) is 0 Å². The second kappa shape index (κ2) is 4.84. The lowest BCUT2D eigenvalue weighted by atomic mass is 9.78. The summed E-state index contributed by atoms with van der Waals surface area (Å²) in [6, 6.07) is 0. The summed E-state index contributed by atoms with van der Waals surface area (Å²) in [6.07, 6.45) is 3.04. The number of hydrogen-bond acceptors (Lipinski definition) is 2. The number of rotatable bonds is 2. The van der Waals surface area contributed by atoms with Gasteiger partial charge in [-0.1, -0.05) is 13.8 Å². The van der Waals surface area contributed by atoms with Gasteiger partial charge in [-0.3, -0.25) is 0 Å². The second-order valence-corrected chi connectivity index (χ2v) is 6.17. The van der Waals surface area contributed by atoms with Crippen molar-refractivity contribution in [3.63, 3.8) is 0 Å². The molecule has 1 aliphatic rings. The minimum Gasteiger partial charge on any atom is -0.387 e. The van der Waals surface area contributed by atoms with Crippen molar-refractivity contribution < 1.29 is 5.11 Å². The lowest BCUT2D eigenvalue weighted by molar-refractivity contribution is -0.0337. The smallest absolute Gasteiger partial charge is 0.195 e. The van der Waals surface area contributed by atoms with Gasteiger partial charge in [0.25, 0.3) is 0 Å². The van der Waals surface area contributed by atoms with Crippen LogP contribution in [0.25, 0.3) is 0 Å². The fourth-order valence-corrected chi connectivity index (χ4v) is 2.57. The Morgan fingerprint density at radius 2 is 1.65 bits per heavy atom. The first-order valence-corrected chi connectivity index (χ1v) is 6.31. The Morgan fingerprint density at radius 3 is 2.00 bits per heavy atom. The van der Waals surface area contributed by atoms with Crippen molar-refractivity contribution in [2.45, 2.75) is 38.7 Å². The Balaban J connectivity index is 2.81. The molecule has 4 heteroatoms. The lowest BCUT2D eigenvalue weighted by Crippen LogP contribution is -2.44. The maximum Gasteiger partial charge on any atom is 0.195 e. The van der Waals surface area contributed by atoms with Gasteiger partial charge in [0.1, 0.15) is 0 Å². The Hall–Kier alpha value is -0.770. The summed E-state index contributed by atoms with van der Waals surface area (Å²) >= 11 is 0. The van der Waals surface area contributed by atoms with Crippen LogP contribution in [-0.4, -0.2) is 61.2 Å². The third-order valence-corrected chi connectivity index (χ3v) is 3.93. The van der Waals surface area contributed by atoms with Crippen LogP contribution < -0.4 is 0 Å². The van der Waals surface area contributed by atoms with E-state index in [9.17, 15) is 5.11 Å². The quantitative estimate of drug-likeness (QED) is 0.587. The molecule has 100 valence electrons. The molecular formula is C13H27N3O. The molecule has 0 bridgehead atoms. The third kappa shape index (κ3) is 2.92. The van der Waals surface area contributed by atoms with Crippen LogP contribution in [0.4, 0.5) is 0 Å². The van der Waals surface area contributed by atoms with Crippen molar-refractivity contribution in [3.8, 4) is 0 Å². The summed E-state index contributed by atoms with van der Waals surface area (Å²) in [4.78, 5) is 8.55. The Labute approximate surface area is 105 Å². The number of guanidine groups is 1. The molecule has 1 aliphatic carbocycles. The standard InChI is InChI=1S/C13H27N3O/c1-12(2)8-7-9-13(12,17)10-14-11(15(3)4)16(5)6/h17H,7-10H2,1-6H3. The molecule has 0 amide bonds. The summed E-state index contributed by atoms with van der Waals surface area (Å²) in [5.41, 5.74) is -0.676. The molecule has 0 saturated heterocycles. The maximum absolute atomic E-state index is 10.7. The molecule has 0 spiro atoms. The Bertz CT molecular complexity index is 287. The average Bonchev–Trinajstić information content (AvgIpc) is 2.40. The van der Waals surface area contributed by atoms with E-state index in [-0.39, 0.29) is 5.41 Å². The van der Waals surface area contributed by atoms with E-state index in [1.165, 1.54) is 0 Å². The molecule has 0 aromatic rings. The highest BCUT2D eigenvalue weighted by molar-refractivity contribution is 5.79. The number of aliphatic hydroxyl groups is 1. The van der Waals surface area contributed by atoms with E-state index in [2.05, 4.69) is 18.8 Å². The van der Waals surface area contributed by atoms with Crippen LogP contribution >= 0.6 is 0 Å². The van der Waals surface area contributed by atoms with Gasteiger partial charge in [0.2, 0.25) is 0 Å². The van der Waals surface area contributed by atoms with Crippen LogP contribution in [0.1, 0.15) is 33.1 Å². The molecule has 4 nitrogen and oxygen atoms in total. The SMILES string of the molecule is CN(C)C(=NCC1(O)CCCC1(C)C)N(C)C. The lowest BCUT2D eigenvalue weighted by Gasteiger charge is -2.36. The zero-order valence-electron chi connectivity index (χ0n) is 12.1. The minimum absolute atomic E-state index is 0.0275. The number of nitrogens with zero attached hydrogens (tertiary/aromatic N) is 3. The molecular weight excluding hydrogens is 214 g/mol. The molecule has 0 radical (unpaired) electrons. The first-order valence-electron chi connectivity index (χ1n) is 6.31. The normalized spacial score (nSPS) is 26.8. The van der Waals surface area contributed by atoms with Crippen LogP contribution in [0.5, 0.6) is 0 Å². The Morgan fingerprint density at radius 1 is 1.12 bits per heavy atom.